The minimum atomic E-state index is -0.159. The first-order valence-electron chi connectivity index (χ1n) is 4.88. The number of rotatable bonds is 5. The number of nitrogens with one attached hydrogen (secondary N) is 1. The van der Waals surface area contributed by atoms with Gasteiger partial charge in [-0.3, -0.25) is 4.79 Å². The number of aromatic nitrogens is 3. The Bertz CT molecular complexity index is 322. The number of nitrogens with zero attached hydrogens (tertiary/aromatic N) is 3. The van der Waals surface area contributed by atoms with Crippen LogP contribution in [0.5, 0.6) is 0 Å². The highest BCUT2D eigenvalue weighted by atomic mass is 16.3. The minimum Gasteiger partial charge on any atom is -0.390 e. The number of aliphatic hydroxyl groups is 1. The van der Waals surface area contributed by atoms with Crippen molar-refractivity contribution in [1.29, 1.82) is 0 Å². The molecule has 0 spiro atoms. The molecule has 84 valence electrons. The summed E-state index contributed by atoms with van der Waals surface area (Å²) in [5, 5.41) is 18.9. The lowest BCUT2D eigenvalue weighted by molar-refractivity contribution is -0.122. The number of aliphatic hydroxyl groups excluding tert-OH is 1. The predicted octanol–water partition coefficient (Wildman–Crippen LogP) is -0.457. The van der Waals surface area contributed by atoms with Gasteiger partial charge < -0.3 is 10.4 Å². The van der Waals surface area contributed by atoms with Crippen LogP contribution in [0.25, 0.3) is 0 Å². The molecule has 0 aliphatic heterocycles. The van der Waals surface area contributed by atoms with Crippen molar-refractivity contribution in [3.8, 4) is 0 Å². The van der Waals surface area contributed by atoms with E-state index in [9.17, 15) is 4.79 Å². The van der Waals surface area contributed by atoms with Crippen LogP contribution in [0, 0.1) is 5.92 Å². The van der Waals surface area contributed by atoms with Gasteiger partial charge in [-0.1, -0.05) is 19.1 Å². The molecule has 15 heavy (non-hydrogen) atoms. The van der Waals surface area contributed by atoms with E-state index in [1.807, 2.05) is 13.8 Å². The summed E-state index contributed by atoms with van der Waals surface area (Å²) in [6, 6.07) is 0. The molecular formula is C9H16N4O2. The van der Waals surface area contributed by atoms with E-state index in [0.29, 0.717) is 18.2 Å². The van der Waals surface area contributed by atoms with E-state index in [1.165, 1.54) is 4.68 Å². The van der Waals surface area contributed by atoms with Crippen LogP contribution >= 0.6 is 0 Å². The van der Waals surface area contributed by atoms with Crippen LogP contribution in [0.4, 0.5) is 0 Å². The third-order valence-electron chi connectivity index (χ3n) is 1.76. The quantitative estimate of drug-likeness (QED) is 0.692. The molecule has 0 aliphatic carbocycles. The van der Waals surface area contributed by atoms with E-state index in [4.69, 9.17) is 5.11 Å². The van der Waals surface area contributed by atoms with Crippen molar-refractivity contribution in [3.63, 3.8) is 0 Å². The van der Waals surface area contributed by atoms with Crippen LogP contribution in [0.3, 0.4) is 0 Å². The fraction of sp³-hybridized carbons (Fsp3) is 0.667. The van der Waals surface area contributed by atoms with Crippen LogP contribution in [0.2, 0.25) is 0 Å². The highest BCUT2D eigenvalue weighted by Gasteiger charge is 2.05. The standard InChI is InChI=1S/C9H16N4O2/c1-7(2)3-10-9(15)5-13-4-8(6-14)11-12-13/h4,7,14H,3,5-6H2,1-2H3,(H,10,15). The summed E-state index contributed by atoms with van der Waals surface area (Å²) >= 11 is 0. The molecule has 0 aromatic carbocycles. The van der Waals surface area contributed by atoms with Crippen molar-refractivity contribution in [2.45, 2.75) is 27.0 Å². The van der Waals surface area contributed by atoms with E-state index < -0.39 is 0 Å². The fourth-order valence-corrected chi connectivity index (χ4v) is 1.01. The largest absolute Gasteiger partial charge is 0.390 e. The monoisotopic (exact) mass is 212 g/mol. The first kappa shape index (κ1) is 11.6. The molecule has 0 radical (unpaired) electrons. The summed E-state index contributed by atoms with van der Waals surface area (Å²) in [6.45, 7) is 4.69. The van der Waals surface area contributed by atoms with Gasteiger partial charge in [-0.25, -0.2) is 4.68 Å². The summed E-state index contributed by atoms with van der Waals surface area (Å²) in [5.74, 6) is 0.329. The summed E-state index contributed by atoms with van der Waals surface area (Å²) in [7, 11) is 0. The maximum Gasteiger partial charge on any atom is 0.241 e. The van der Waals surface area contributed by atoms with Crippen molar-refractivity contribution in [2.75, 3.05) is 6.54 Å². The highest BCUT2D eigenvalue weighted by molar-refractivity contribution is 5.75. The molecule has 0 aliphatic rings. The highest BCUT2D eigenvalue weighted by Crippen LogP contribution is 1.92. The molecule has 1 heterocycles. The molecule has 0 atom stereocenters. The second kappa shape index (κ2) is 5.45. The van der Waals surface area contributed by atoms with Gasteiger partial charge >= 0.3 is 0 Å². The second-order valence-electron chi connectivity index (χ2n) is 3.76. The zero-order chi connectivity index (χ0) is 11.3. The number of amides is 1. The van der Waals surface area contributed by atoms with Gasteiger partial charge in [0.2, 0.25) is 5.91 Å². The van der Waals surface area contributed by atoms with Gasteiger partial charge in [0.25, 0.3) is 0 Å². The molecule has 1 aromatic heterocycles. The fourth-order valence-electron chi connectivity index (χ4n) is 1.01. The minimum absolute atomic E-state index is 0.0990. The van der Waals surface area contributed by atoms with Crippen molar-refractivity contribution in [3.05, 3.63) is 11.9 Å². The van der Waals surface area contributed by atoms with Gasteiger partial charge in [-0.05, 0) is 5.92 Å². The van der Waals surface area contributed by atoms with E-state index >= 15 is 0 Å². The van der Waals surface area contributed by atoms with Crippen molar-refractivity contribution >= 4 is 5.91 Å². The Hall–Kier alpha value is -1.43. The molecule has 0 saturated carbocycles. The average Bonchev–Trinajstić information content (AvgIpc) is 2.62. The number of hydrogen-bond acceptors (Lipinski definition) is 4. The first-order valence-corrected chi connectivity index (χ1v) is 4.88. The zero-order valence-electron chi connectivity index (χ0n) is 8.97. The summed E-state index contributed by atoms with van der Waals surface area (Å²) < 4.78 is 1.40. The van der Waals surface area contributed by atoms with E-state index in [0.717, 1.165) is 0 Å². The lowest BCUT2D eigenvalue weighted by atomic mass is 10.2. The Morgan fingerprint density at radius 2 is 2.40 bits per heavy atom. The Kier molecular flexibility index (Phi) is 4.23. The lowest BCUT2D eigenvalue weighted by Crippen LogP contribution is -2.30. The first-order chi connectivity index (χ1) is 7.11. The number of hydrogen-bond donors (Lipinski definition) is 2. The summed E-state index contributed by atoms with van der Waals surface area (Å²) in [5.41, 5.74) is 0.464. The summed E-state index contributed by atoms with van der Waals surface area (Å²) in [6.07, 6.45) is 1.55. The van der Waals surface area contributed by atoms with Gasteiger partial charge in [0.15, 0.2) is 0 Å². The molecule has 1 amide bonds. The molecule has 6 heteroatoms. The number of carbonyl (C=O) groups is 1. The molecular weight excluding hydrogens is 196 g/mol. The van der Waals surface area contributed by atoms with Gasteiger partial charge in [0.1, 0.15) is 12.2 Å². The van der Waals surface area contributed by atoms with Crippen LogP contribution in [-0.4, -0.2) is 32.6 Å². The predicted molar refractivity (Wildman–Crippen MR) is 53.8 cm³/mol. The third-order valence-corrected chi connectivity index (χ3v) is 1.76. The summed E-state index contributed by atoms with van der Waals surface area (Å²) in [4.78, 5) is 11.4. The third kappa shape index (κ3) is 4.07. The molecule has 0 unspecified atom stereocenters. The van der Waals surface area contributed by atoms with Crippen molar-refractivity contribution < 1.29 is 9.90 Å². The van der Waals surface area contributed by atoms with Gasteiger partial charge in [0, 0.05) is 6.54 Å². The van der Waals surface area contributed by atoms with Gasteiger partial charge in [-0.2, -0.15) is 0 Å². The van der Waals surface area contributed by atoms with E-state index in [2.05, 4.69) is 15.6 Å². The molecule has 0 saturated heterocycles. The van der Waals surface area contributed by atoms with Gasteiger partial charge in [0.05, 0.1) is 12.8 Å². The molecule has 0 bridgehead atoms. The van der Waals surface area contributed by atoms with Crippen LogP contribution in [0.1, 0.15) is 19.5 Å². The SMILES string of the molecule is CC(C)CNC(=O)Cn1cc(CO)nn1. The lowest BCUT2D eigenvalue weighted by Gasteiger charge is -2.06. The second-order valence-corrected chi connectivity index (χ2v) is 3.76. The van der Waals surface area contributed by atoms with E-state index in [-0.39, 0.29) is 19.1 Å². The topological polar surface area (TPSA) is 80.0 Å². The van der Waals surface area contributed by atoms with Crippen LogP contribution in [0.15, 0.2) is 6.20 Å². The molecule has 0 fully saturated rings. The molecule has 6 nitrogen and oxygen atoms in total. The average molecular weight is 212 g/mol. The Labute approximate surface area is 88.3 Å². The maximum atomic E-state index is 11.4. The smallest absolute Gasteiger partial charge is 0.241 e. The van der Waals surface area contributed by atoms with Crippen molar-refractivity contribution in [2.24, 2.45) is 5.92 Å². The van der Waals surface area contributed by atoms with Crippen LogP contribution in [-0.2, 0) is 17.9 Å². The maximum absolute atomic E-state index is 11.4. The zero-order valence-corrected chi connectivity index (χ0v) is 8.97. The van der Waals surface area contributed by atoms with E-state index in [1.54, 1.807) is 6.20 Å². The Morgan fingerprint density at radius 1 is 1.67 bits per heavy atom. The van der Waals surface area contributed by atoms with Crippen LogP contribution < -0.4 is 5.32 Å². The van der Waals surface area contributed by atoms with Gasteiger partial charge in [-0.15, -0.1) is 5.10 Å². The number of carbonyl (C=O) groups excluding carboxylic acids is 1. The normalized spacial score (nSPS) is 10.7. The Morgan fingerprint density at radius 3 is 2.93 bits per heavy atom. The molecule has 1 aromatic rings. The molecule has 1 rings (SSSR count). The Balaban J connectivity index is 2.37. The van der Waals surface area contributed by atoms with Crippen molar-refractivity contribution in [1.82, 2.24) is 20.3 Å². The molecule has 2 N–H and O–H groups in total.